The zero-order valence-electron chi connectivity index (χ0n) is 14.9. The number of halogens is 1. The Kier molecular flexibility index (Phi) is 4.58. The number of hydrogen-bond donors (Lipinski definition) is 1. The van der Waals surface area contributed by atoms with Crippen LogP contribution in [0, 0.1) is 5.82 Å². The van der Waals surface area contributed by atoms with Gasteiger partial charge in [-0.25, -0.2) is 19.3 Å². The lowest BCUT2D eigenvalue weighted by Gasteiger charge is -2.28. The molecule has 2 N–H and O–H groups in total. The molecule has 2 heterocycles. The Morgan fingerprint density at radius 2 is 1.89 bits per heavy atom. The van der Waals surface area contributed by atoms with E-state index in [0.29, 0.717) is 16.9 Å². The lowest BCUT2D eigenvalue weighted by atomic mass is 9.79. The van der Waals surface area contributed by atoms with Crippen LogP contribution < -0.4 is 15.2 Å². The molecule has 1 fully saturated rings. The molecule has 1 saturated carbocycles. The van der Waals surface area contributed by atoms with Crippen LogP contribution in [-0.2, 0) is 0 Å². The summed E-state index contributed by atoms with van der Waals surface area (Å²) >= 11 is 0. The third kappa shape index (κ3) is 3.28. The van der Waals surface area contributed by atoms with E-state index in [1.165, 1.54) is 19.5 Å². The van der Waals surface area contributed by atoms with Crippen molar-refractivity contribution in [3.63, 3.8) is 0 Å². The van der Waals surface area contributed by atoms with E-state index in [9.17, 15) is 0 Å². The minimum Gasteiger partial charge on any atom is -0.491 e. The molecule has 27 heavy (non-hydrogen) atoms. The fourth-order valence-electron chi connectivity index (χ4n) is 3.12. The number of nitrogens with two attached hydrogens (primary N) is 1. The van der Waals surface area contributed by atoms with Crippen LogP contribution >= 0.6 is 0 Å². The number of hydrogen-bond acceptors (Lipinski definition) is 6. The largest absolute Gasteiger partial charge is 0.491 e. The number of benzene rings is 1. The molecule has 0 saturated heterocycles. The highest BCUT2D eigenvalue weighted by atomic mass is 19.1. The van der Waals surface area contributed by atoms with Gasteiger partial charge in [-0.05, 0) is 30.9 Å². The summed E-state index contributed by atoms with van der Waals surface area (Å²) in [6.07, 6.45) is 7.73. The minimum absolute atomic E-state index is 0.139. The summed E-state index contributed by atoms with van der Waals surface area (Å²) in [5, 5.41) is 0. The van der Waals surface area contributed by atoms with E-state index in [2.05, 4.69) is 15.0 Å². The zero-order chi connectivity index (χ0) is 18.8. The summed E-state index contributed by atoms with van der Waals surface area (Å²) in [6.45, 7) is 0. The van der Waals surface area contributed by atoms with Crippen molar-refractivity contribution in [3.05, 3.63) is 54.2 Å². The van der Waals surface area contributed by atoms with Crippen molar-refractivity contribution in [2.75, 3.05) is 12.8 Å². The van der Waals surface area contributed by atoms with E-state index in [4.69, 9.17) is 15.2 Å². The average Bonchev–Trinajstić information content (AvgIpc) is 2.64. The van der Waals surface area contributed by atoms with Gasteiger partial charge in [0.1, 0.15) is 0 Å². The lowest BCUT2D eigenvalue weighted by molar-refractivity contribution is 0.348. The zero-order valence-corrected chi connectivity index (χ0v) is 14.9. The molecule has 3 aromatic rings. The van der Waals surface area contributed by atoms with Gasteiger partial charge < -0.3 is 15.2 Å². The second-order valence-corrected chi connectivity index (χ2v) is 6.42. The van der Waals surface area contributed by atoms with Gasteiger partial charge in [-0.3, -0.25) is 0 Å². The van der Waals surface area contributed by atoms with E-state index in [1.54, 1.807) is 24.4 Å². The maximum atomic E-state index is 15.5. The highest BCUT2D eigenvalue weighted by molar-refractivity contribution is 5.67. The molecule has 1 aliphatic carbocycles. The van der Waals surface area contributed by atoms with Crippen LogP contribution in [0.2, 0.25) is 0 Å². The molecule has 1 aliphatic rings. The van der Waals surface area contributed by atoms with Crippen LogP contribution in [0.5, 0.6) is 17.4 Å². The summed E-state index contributed by atoms with van der Waals surface area (Å²) < 4.78 is 26.7. The second kappa shape index (κ2) is 7.19. The van der Waals surface area contributed by atoms with E-state index < -0.39 is 5.82 Å². The summed E-state index contributed by atoms with van der Waals surface area (Å²) in [4.78, 5) is 12.1. The normalized spacial score (nSPS) is 13.9. The standard InChI is InChI=1S/C20H19FN4O2/c1-26-16-6-3-9-23-19(16)27-18-15(12-4-2-5-12)8-7-14(17(18)21)13-10-24-20(22)25-11-13/h3,6-12H,2,4-5H2,1H3,(H2,22,24,25). The van der Waals surface area contributed by atoms with Gasteiger partial charge in [0.15, 0.2) is 17.3 Å². The number of rotatable bonds is 5. The number of methoxy groups -OCH3 is 1. The summed E-state index contributed by atoms with van der Waals surface area (Å²) in [5.41, 5.74) is 7.25. The first-order valence-electron chi connectivity index (χ1n) is 8.74. The summed E-state index contributed by atoms with van der Waals surface area (Å²) in [5.74, 6) is 0.787. The Balaban J connectivity index is 1.81. The Bertz CT molecular complexity index is 959. The van der Waals surface area contributed by atoms with Crippen molar-refractivity contribution < 1.29 is 13.9 Å². The average molecular weight is 366 g/mol. The number of aromatic nitrogens is 3. The first kappa shape index (κ1) is 17.2. The van der Waals surface area contributed by atoms with Gasteiger partial charge in [-0.15, -0.1) is 0 Å². The van der Waals surface area contributed by atoms with Gasteiger partial charge in [-0.2, -0.15) is 0 Å². The molecule has 0 atom stereocenters. The van der Waals surface area contributed by atoms with Crippen molar-refractivity contribution in [1.29, 1.82) is 0 Å². The van der Waals surface area contributed by atoms with Crippen molar-refractivity contribution in [2.24, 2.45) is 0 Å². The molecule has 0 aliphatic heterocycles. The van der Waals surface area contributed by atoms with Gasteiger partial charge in [0.05, 0.1) is 7.11 Å². The van der Waals surface area contributed by atoms with E-state index in [-0.39, 0.29) is 23.5 Å². The van der Waals surface area contributed by atoms with Crippen LogP contribution in [0.1, 0.15) is 30.7 Å². The smallest absolute Gasteiger partial charge is 0.262 e. The Morgan fingerprint density at radius 3 is 2.56 bits per heavy atom. The van der Waals surface area contributed by atoms with Crippen molar-refractivity contribution >= 4 is 5.95 Å². The third-order valence-electron chi connectivity index (χ3n) is 4.81. The quantitative estimate of drug-likeness (QED) is 0.724. The number of pyridine rings is 1. The number of nitrogens with zero attached hydrogens (tertiary/aromatic N) is 3. The van der Waals surface area contributed by atoms with Crippen LogP contribution in [0.25, 0.3) is 11.1 Å². The molecule has 0 spiro atoms. The molecule has 138 valence electrons. The van der Waals surface area contributed by atoms with Gasteiger partial charge in [0, 0.05) is 35.3 Å². The Hall–Kier alpha value is -3.22. The Labute approximate surface area is 156 Å². The third-order valence-corrected chi connectivity index (χ3v) is 4.81. The highest BCUT2D eigenvalue weighted by Crippen LogP contribution is 2.45. The summed E-state index contributed by atoms with van der Waals surface area (Å²) in [6, 6.07) is 7.10. The van der Waals surface area contributed by atoms with Gasteiger partial charge >= 0.3 is 0 Å². The molecule has 4 rings (SSSR count). The van der Waals surface area contributed by atoms with E-state index in [0.717, 1.165) is 24.8 Å². The Morgan fingerprint density at radius 1 is 1.11 bits per heavy atom. The van der Waals surface area contributed by atoms with Gasteiger partial charge in [-0.1, -0.05) is 18.6 Å². The molecular formula is C20H19FN4O2. The molecule has 0 bridgehead atoms. The molecule has 0 amide bonds. The number of nitrogen functional groups attached to an aromatic ring is 1. The van der Waals surface area contributed by atoms with Crippen molar-refractivity contribution in [3.8, 4) is 28.5 Å². The topological polar surface area (TPSA) is 83.2 Å². The molecule has 0 unspecified atom stereocenters. The predicted octanol–water partition coefficient (Wildman–Crippen LogP) is 4.33. The minimum atomic E-state index is -0.472. The van der Waals surface area contributed by atoms with Gasteiger partial charge in [0.2, 0.25) is 5.95 Å². The molecule has 7 heteroatoms. The highest BCUT2D eigenvalue weighted by Gasteiger charge is 2.27. The maximum absolute atomic E-state index is 15.5. The fraction of sp³-hybridized carbons (Fsp3) is 0.250. The van der Waals surface area contributed by atoms with Crippen LogP contribution in [0.4, 0.5) is 10.3 Å². The molecule has 2 aromatic heterocycles. The van der Waals surface area contributed by atoms with Crippen molar-refractivity contribution in [2.45, 2.75) is 25.2 Å². The van der Waals surface area contributed by atoms with Crippen LogP contribution in [0.15, 0.2) is 42.9 Å². The predicted molar refractivity (Wildman–Crippen MR) is 99.3 cm³/mol. The first-order chi connectivity index (χ1) is 13.2. The number of anilines is 1. The second-order valence-electron chi connectivity index (χ2n) is 6.42. The van der Waals surface area contributed by atoms with Crippen LogP contribution in [-0.4, -0.2) is 22.1 Å². The van der Waals surface area contributed by atoms with E-state index >= 15 is 4.39 Å². The molecular weight excluding hydrogens is 347 g/mol. The SMILES string of the molecule is COc1cccnc1Oc1c(C2CCC2)ccc(-c2cnc(N)nc2)c1F. The molecule has 1 aromatic carbocycles. The monoisotopic (exact) mass is 366 g/mol. The van der Waals surface area contributed by atoms with Crippen molar-refractivity contribution in [1.82, 2.24) is 15.0 Å². The van der Waals surface area contributed by atoms with E-state index in [1.807, 2.05) is 6.07 Å². The fourth-order valence-corrected chi connectivity index (χ4v) is 3.12. The summed E-state index contributed by atoms with van der Waals surface area (Å²) in [7, 11) is 1.52. The van der Waals surface area contributed by atoms with Gasteiger partial charge in [0.25, 0.3) is 5.88 Å². The van der Waals surface area contributed by atoms with Crippen LogP contribution in [0.3, 0.4) is 0 Å². The first-order valence-corrected chi connectivity index (χ1v) is 8.74. The maximum Gasteiger partial charge on any atom is 0.262 e. The molecule has 6 nitrogen and oxygen atoms in total. The lowest BCUT2D eigenvalue weighted by Crippen LogP contribution is -2.11. The molecule has 0 radical (unpaired) electrons. The number of ether oxygens (including phenoxy) is 2.